The monoisotopic (exact) mass is 511 g/mol. The molecular weight excluding hydrogens is 480 g/mol. The number of benzene rings is 2. The summed E-state index contributed by atoms with van der Waals surface area (Å²) in [7, 11) is 0. The number of aromatic carboxylic acids is 1. The van der Waals surface area contributed by atoms with Crippen LogP contribution in [0.25, 0.3) is 22.0 Å². The van der Waals surface area contributed by atoms with E-state index in [-0.39, 0.29) is 33.3 Å². The lowest BCUT2D eigenvalue weighted by molar-refractivity contribution is -0.833. The third-order valence-electron chi connectivity index (χ3n) is 8.46. The number of rotatable bonds is 4. The molecule has 1 atom stereocenters. The number of hydrogen-bond acceptors (Lipinski definition) is 5. The van der Waals surface area contributed by atoms with Crippen LogP contribution in [0.15, 0.2) is 64.9 Å². The number of nitrogens with zero attached hydrogens (tertiary/aromatic N) is 2. The van der Waals surface area contributed by atoms with Gasteiger partial charge in [-0.15, -0.1) is 0 Å². The van der Waals surface area contributed by atoms with Crippen molar-refractivity contribution in [3.05, 3.63) is 71.1 Å². The average molecular weight is 512 g/mol. The molecule has 1 aromatic heterocycles. The molecule has 2 aromatic carbocycles. The third kappa shape index (κ3) is 3.67. The molecule has 3 aliphatic rings. The van der Waals surface area contributed by atoms with Crippen LogP contribution in [0.1, 0.15) is 60.4 Å². The van der Waals surface area contributed by atoms with E-state index in [0.717, 1.165) is 60.0 Å². The molecule has 8 heteroatoms. The van der Waals surface area contributed by atoms with Gasteiger partial charge in [0.15, 0.2) is 0 Å². The highest BCUT2D eigenvalue weighted by molar-refractivity contribution is 6.07. The number of amides is 1. The Morgan fingerprint density at radius 3 is 2.47 bits per heavy atom. The lowest BCUT2D eigenvalue weighted by atomic mass is 9.67. The van der Waals surface area contributed by atoms with Crippen LogP contribution in [-0.2, 0) is 4.79 Å². The number of aromatic amines is 1. The normalized spacial score (nSPS) is 22.4. The lowest BCUT2D eigenvalue weighted by Gasteiger charge is -2.41. The van der Waals surface area contributed by atoms with Crippen LogP contribution in [-0.4, -0.2) is 57.7 Å². The maximum absolute atomic E-state index is 14.3. The number of allylic oxidation sites excluding steroid dienone is 2. The maximum Gasteiger partial charge on any atom is 0.393 e. The van der Waals surface area contributed by atoms with Gasteiger partial charge in [0.25, 0.3) is 0 Å². The molecule has 1 amide bonds. The average Bonchev–Trinajstić information content (AvgIpc) is 3.51. The molecule has 6 rings (SSSR count). The summed E-state index contributed by atoms with van der Waals surface area (Å²) in [6.07, 6.45) is 4.92. The number of aromatic nitrogens is 1. The summed E-state index contributed by atoms with van der Waals surface area (Å²) in [5.74, 6) is -1.20. The van der Waals surface area contributed by atoms with Crippen molar-refractivity contribution < 1.29 is 24.1 Å². The molecule has 1 unspecified atom stereocenters. The fourth-order valence-corrected chi connectivity index (χ4v) is 6.48. The number of hydrogen-bond donors (Lipinski definition) is 3. The number of piperidine rings is 1. The van der Waals surface area contributed by atoms with Crippen molar-refractivity contribution in [2.24, 2.45) is 10.5 Å². The van der Waals surface area contributed by atoms with Crippen molar-refractivity contribution in [2.45, 2.75) is 45.6 Å². The summed E-state index contributed by atoms with van der Waals surface area (Å²) in [5, 5.41) is 18.3. The van der Waals surface area contributed by atoms with Crippen molar-refractivity contribution in [3.8, 4) is 11.1 Å². The molecule has 2 aliphatic heterocycles. The summed E-state index contributed by atoms with van der Waals surface area (Å²) in [6.45, 7) is 5.69. The fraction of sp³-hybridized carbons (Fsp3) is 0.333. The predicted octanol–water partition coefficient (Wildman–Crippen LogP) is 4.88. The molecule has 1 aliphatic carbocycles. The number of carboxylic acid groups (broad SMARTS) is 1. The van der Waals surface area contributed by atoms with Gasteiger partial charge in [0.05, 0.1) is 11.8 Å². The first-order chi connectivity index (χ1) is 18.2. The first-order valence-corrected chi connectivity index (χ1v) is 13.2. The SMILES string of the molecule is CC(C)[N+]1(C(=O)c2cc3c(-c4ccc(C(=O)O)cc4)cccc3[nH]2)N=CC2=C1C(=O)CC1(CCNCC1)C2. The number of nitrogens with one attached hydrogen (secondary N) is 2. The number of carbonyl (C=O) groups excluding carboxylic acids is 2. The van der Waals surface area contributed by atoms with Gasteiger partial charge in [-0.3, -0.25) is 4.79 Å². The number of H-pyrrole nitrogens is 1. The van der Waals surface area contributed by atoms with Crippen molar-refractivity contribution in [1.29, 1.82) is 0 Å². The lowest BCUT2D eigenvalue weighted by Crippen LogP contribution is -2.54. The van der Waals surface area contributed by atoms with E-state index < -0.39 is 5.97 Å². The van der Waals surface area contributed by atoms with Crippen molar-refractivity contribution >= 4 is 34.8 Å². The number of quaternary nitrogens is 1. The zero-order valence-electron chi connectivity index (χ0n) is 21.6. The molecule has 3 aromatic rings. The Labute approximate surface area is 220 Å². The Balaban J connectivity index is 1.41. The predicted molar refractivity (Wildman–Crippen MR) is 145 cm³/mol. The zero-order valence-corrected chi connectivity index (χ0v) is 21.6. The molecule has 8 nitrogen and oxygen atoms in total. The van der Waals surface area contributed by atoms with E-state index in [1.54, 1.807) is 30.5 Å². The standard InChI is InChI=1S/C30H30N4O4/c1-18(2)34(27-21(17-32-34)15-30(16-26(27)35)10-12-31-13-11-30)28(36)25-14-23-22(4-3-5-24(23)33-25)19-6-8-20(9-7-19)29(37)38/h3-9,14,17-18,31H,10-13,15-16H2,1-2H3,(H-,33,36,37,38)/p+1. The van der Waals surface area contributed by atoms with Crippen molar-refractivity contribution in [2.75, 3.05) is 13.1 Å². The van der Waals surface area contributed by atoms with Crippen LogP contribution in [0.4, 0.5) is 0 Å². The van der Waals surface area contributed by atoms with Gasteiger partial charge >= 0.3 is 11.9 Å². The Kier molecular flexibility index (Phi) is 5.70. The molecule has 0 bridgehead atoms. The number of ketones is 1. The van der Waals surface area contributed by atoms with Crippen LogP contribution in [0.3, 0.4) is 0 Å². The molecule has 3 heterocycles. The van der Waals surface area contributed by atoms with Gasteiger partial charge in [0, 0.05) is 22.9 Å². The smallest absolute Gasteiger partial charge is 0.393 e. The topological polar surface area (TPSA) is 112 Å². The number of carbonyl (C=O) groups is 3. The van der Waals surface area contributed by atoms with Gasteiger partial charge in [0.2, 0.25) is 11.5 Å². The van der Waals surface area contributed by atoms with Gasteiger partial charge in [0.1, 0.15) is 11.7 Å². The largest absolute Gasteiger partial charge is 0.478 e. The van der Waals surface area contributed by atoms with Crippen LogP contribution in [0.2, 0.25) is 0 Å². The van der Waals surface area contributed by atoms with Crippen LogP contribution >= 0.6 is 0 Å². The summed E-state index contributed by atoms with van der Waals surface area (Å²) in [5.41, 5.74) is 4.52. The first-order valence-electron chi connectivity index (χ1n) is 13.2. The highest BCUT2D eigenvalue weighted by Crippen LogP contribution is 2.49. The quantitative estimate of drug-likeness (QED) is 0.432. The van der Waals surface area contributed by atoms with E-state index in [1.807, 2.05) is 38.1 Å². The summed E-state index contributed by atoms with van der Waals surface area (Å²) in [6, 6.07) is 14.0. The second kappa shape index (κ2) is 8.85. The van der Waals surface area contributed by atoms with E-state index in [2.05, 4.69) is 10.3 Å². The van der Waals surface area contributed by atoms with Gasteiger partial charge in [-0.2, -0.15) is 0 Å². The van der Waals surface area contributed by atoms with Crippen LogP contribution in [0, 0.1) is 5.41 Å². The molecule has 3 N–H and O–H groups in total. The third-order valence-corrected chi connectivity index (χ3v) is 8.46. The molecular formula is C30H31N4O4+. The minimum absolute atomic E-state index is 0.0306. The number of fused-ring (bicyclic) bond motifs is 1. The summed E-state index contributed by atoms with van der Waals surface area (Å²) >= 11 is 0. The Hall–Kier alpha value is -3.88. The summed E-state index contributed by atoms with van der Waals surface area (Å²) in [4.78, 5) is 42.6. The van der Waals surface area contributed by atoms with E-state index in [9.17, 15) is 19.5 Å². The van der Waals surface area contributed by atoms with Crippen molar-refractivity contribution in [1.82, 2.24) is 10.3 Å². The summed E-state index contributed by atoms with van der Waals surface area (Å²) < 4.78 is -0.349. The number of Topliss-reactive ketones (excluding diaryl/α,β-unsaturated/α-hetero) is 1. The number of carboxylic acids is 1. The zero-order chi connectivity index (χ0) is 26.7. The molecule has 1 fully saturated rings. The molecule has 0 saturated carbocycles. The maximum atomic E-state index is 14.3. The van der Waals surface area contributed by atoms with E-state index >= 15 is 0 Å². The van der Waals surface area contributed by atoms with Crippen LogP contribution < -0.4 is 5.32 Å². The highest BCUT2D eigenvalue weighted by Gasteiger charge is 2.57. The van der Waals surface area contributed by atoms with Gasteiger partial charge in [-0.25, -0.2) is 9.59 Å². The van der Waals surface area contributed by atoms with E-state index in [4.69, 9.17) is 5.10 Å². The Morgan fingerprint density at radius 1 is 1.05 bits per heavy atom. The first kappa shape index (κ1) is 24.5. The second-order valence-corrected chi connectivity index (χ2v) is 11.1. The molecule has 1 spiro atoms. The van der Waals surface area contributed by atoms with Crippen molar-refractivity contribution in [3.63, 3.8) is 0 Å². The van der Waals surface area contributed by atoms with Crippen LogP contribution in [0.5, 0.6) is 0 Å². The molecule has 1 saturated heterocycles. The molecule has 38 heavy (non-hydrogen) atoms. The van der Waals surface area contributed by atoms with Gasteiger partial charge in [-0.1, -0.05) is 34.0 Å². The molecule has 0 radical (unpaired) electrons. The van der Waals surface area contributed by atoms with E-state index in [1.165, 1.54) is 0 Å². The Morgan fingerprint density at radius 2 is 1.79 bits per heavy atom. The fourth-order valence-electron chi connectivity index (χ4n) is 6.48. The molecule has 194 valence electrons. The van der Waals surface area contributed by atoms with Gasteiger partial charge in [-0.05, 0) is 87.0 Å². The van der Waals surface area contributed by atoms with Gasteiger partial charge < -0.3 is 15.4 Å². The highest BCUT2D eigenvalue weighted by atomic mass is 16.4. The van der Waals surface area contributed by atoms with E-state index in [0.29, 0.717) is 17.8 Å². The minimum Gasteiger partial charge on any atom is -0.478 e. The minimum atomic E-state index is -0.977. The second-order valence-electron chi connectivity index (χ2n) is 11.1. The Bertz CT molecular complexity index is 1540.